The Kier molecular flexibility index (Phi) is 7.17. The third kappa shape index (κ3) is 4.77. The number of carbonyl (C=O) groups is 3. The van der Waals surface area contributed by atoms with E-state index in [1.165, 1.54) is 0 Å². The molecule has 0 aromatic heterocycles. The number of amides is 2. The van der Waals surface area contributed by atoms with Crippen molar-refractivity contribution >= 4 is 18.0 Å². The van der Waals surface area contributed by atoms with Crippen LogP contribution in [0.1, 0.15) is 43.7 Å². The van der Waals surface area contributed by atoms with Crippen LogP contribution in [0.4, 0.5) is 4.79 Å². The molecule has 34 heavy (non-hydrogen) atoms. The van der Waals surface area contributed by atoms with E-state index in [-0.39, 0.29) is 25.0 Å². The molecule has 1 aliphatic carbocycles. The normalized spacial score (nSPS) is 20.6. The van der Waals surface area contributed by atoms with Crippen LogP contribution < -0.4 is 10.6 Å². The van der Waals surface area contributed by atoms with Crippen LogP contribution in [0.3, 0.4) is 0 Å². The van der Waals surface area contributed by atoms with Crippen LogP contribution in [-0.4, -0.2) is 54.5 Å². The predicted molar refractivity (Wildman–Crippen MR) is 125 cm³/mol. The second kappa shape index (κ2) is 10.3. The average Bonchev–Trinajstić information content (AvgIpc) is 3.43. The van der Waals surface area contributed by atoms with Gasteiger partial charge in [0, 0.05) is 12.5 Å². The van der Waals surface area contributed by atoms with E-state index in [9.17, 15) is 19.5 Å². The molecule has 1 aliphatic heterocycles. The fourth-order valence-electron chi connectivity index (χ4n) is 4.71. The molecule has 2 amide bonds. The number of carbonyl (C=O) groups excluding carboxylic acids is 2. The molecule has 0 saturated carbocycles. The third-order valence-electron chi connectivity index (χ3n) is 6.77. The molecule has 180 valence electrons. The van der Waals surface area contributed by atoms with Gasteiger partial charge in [0.05, 0.1) is 6.04 Å². The van der Waals surface area contributed by atoms with Gasteiger partial charge < -0.3 is 25.2 Å². The van der Waals surface area contributed by atoms with Gasteiger partial charge in [-0.2, -0.15) is 0 Å². The molecule has 4 atom stereocenters. The Balaban J connectivity index is 1.37. The van der Waals surface area contributed by atoms with Gasteiger partial charge in [-0.3, -0.25) is 4.79 Å². The summed E-state index contributed by atoms with van der Waals surface area (Å²) >= 11 is 0. The Hall–Kier alpha value is -3.39. The molecule has 2 aromatic rings. The van der Waals surface area contributed by atoms with E-state index in [0.29, 0.717) is 12.8 Å². The second-order valence-electron chi connectivity index (χ2n) is 8.87. The smallest absolute Gasteiger partial charge is 0.407 e. The fourth-order valence-corrected chi connectivity index (χ4v) is 4.71. The number of benzene rings is 2. The minimum Gasteiger partial charge on any atom is -0.480 e. The molecule has 3 N–H and O–H groups in total. The van der Waals surface area contributed by atoms with E-state index in [2.05, 4.69) is 22.8 Å². The first-order valence-corrected chi connectivity index (χ1v) is 11.7. The van der Waals surface area contributed by atoms with Gasteiger partial charge in [-0.25, -0.2) is 9.59 Å². The Morgan fingerprint density at radius 2 is 1.71 bits per heavy atom. The summed E-state index contributed by atoms with van der Waals surface area (Å²) in [7, 11) is 0. The van der Waals surface area contributed by atoms with Crippen LogP contribution >= 0.6 is 0 Å². The molecule has 1 heterocycles. The van der Waals surface area contributed by atoms with Gasteiger partial charge in [-0.05, 0) is 34.6 Å². The van der Waals surface area contributed by atoms with Crippen LogP contribution in [0, 0.1) is 5.92 Å². The lowest BCUT2D eigenvalue weighted by atomic mass is 9.98. The molecule has 0 radical (unpaired) electrons. The van der Waals surface area contributed by atoms with Gasteiger partial charge in [0.2, 0.25) is 0 Å². The van der Waals surface area contributed by atoms with Gasteiger partial charge in [0.1, 0.15) is 12.6 Å². The van der Waals surface area contributed by atoms with Crippen LogP contribution in [0.25, 0.3) is 11.1 Å². The van der Waals surface area contributed by atoms with E-state index < -0.39 is 36.2 Å². The maximum Gasteiger partial charge on any atom is 0.407 e. The number of ether oxygens (including phenoxy) is 2. The largest absolute Gasteiger partial charge is 0.480 e. The molecule has 1 fully saturated rings. The number of carboxylic acids is 1. The van der Waals surface area contributed by atoms with Gasteiger partial charge >= 0.3 is 12.1 Å². The number of aliphatic carboxylic acids is 1. The summed E-state index contributed by atoms with van der Waals surface area (Å²) in [6, 6.07) is 14.5. The number of fused-ring (bicyclic) bond motifs is 3. The molecule has 2 aliphatic rings. The minimum atomic E-state index is -1.10. The summed E-state index contributed by atoms with van der Waals surface area (Å²) in [4.78, 5) is 36.9. The maximum absolute atomic E-state index is 12.7. The Morgan fingerprint density at radius 3 is 2.29 bits per heavy atom. The molecule has 4 rings (SSSR count). The van der Waals surface area contributed by atoms with Crippen LogP contribution in [-0.2, 0) is 19.1 Å². The summed E-state index contributed by atoms with van der Waals surface area (Å²) in [5.74, 6) is -1.95. The lowest BCUT2D eigenvalue weighted by molar-refractivity contribution is -0.145. The van der Waals surface area contributed by atoms with Crippen LogP contribution in [0.15, 0.2) is 48.5 Å². The first-order chi connectivity index (χ1) is 16.4. The number of alkyl carbamates (subject to hydrolysis) is 1. The van der Waals surface area contributed by atoms with E-state index in [4.69, 9.17) is 9.47 Å². The van der Waals surface area contributed by atoms with Crippen molar-refractivity contribution in [3.05, 3.63) is 59.7 Å². The molecule has 8 heteroatoms. The standard InChI is InChI=1S/C26H30N2O6/c1-3-15(2)22(25(30)31)28-24(29)23-21(12-13-33-23)27-26(32)34-14-20-18-10-6-4-8-16(18)17-9-5-7-11-19(17)20/h4-11,15,20-23H,3,12-14H2,1-2H3,(H,27,32)(H,28,29)(H,30,31)/t15?,21?,22-,23?/m0/s1. The molecule has 0 bridgehead atoms. The van der Waals surface area contributed by atoms with Crippen molar-refractivity contribution in [2.45, 2.75) is 50.8 Å². The van der Waals surface area contributed by atoms with Crippen molar-refractivity contribution in [3.63, 3.8) is 0 Å². The first kappa shape index (κ1) is 23.8. The molecule has 1 saturated heterocycles. The lowest BCUT2D eigenvalue weighted by Crippen LogP contribution is -2.53. The number of nitrogens with one attached hydrogen (secondary N) is 2. The number of hydrogen-bond acceptors (Lipinski definition) is 5. The van der Waals surface area contributed by atoms with Gasteiger partial charge in [-0.15, -0.1) is 0 Å². The lowest BCUT2D eigenvalue weighted by Gasteiger charge is -2.24. The Morgan fingerprint density at radius 1 is 1.09 bits per heavy atom. The minimum absolute atomic E-state index is 0.0658. The molecule has 2 aromatic carbocycles. The monoisotopic (exact) mass is 466 g/mol. The number of hydrogen-bond donors (Lipinski definition) is 3. The first-order valence-electron chi connectivity index (χ1n) is 11.7. The van der Waals surface area contributed by atoms with Gasteiger partial charge in [0.25, 0.3) is 5.91 Å². The zero-order valence-electron chi connectivity index (χ0n) is 19.3. The number of carboxylic acid groups (broad SMARTS) is 1. The van der Waals surface area contributed by atoms with E-state index >= 15 is 0 Å². The summed E-state index contributed by atoms with van der Waals surface area (Å²) in [6.07, 6.45) is -0.564. The zero-order valence-corrected chi connectivity index (χ0v) is 19.3. The van der Waals surface area contributed by atoms with Gasteiger partial charge in [0.15, 0.2) is 6.10 Å². The molecule has 0 spiro atoms. The highest BCUT2D eigenvalue weighted by atomic mass is 16.6. The summed E-state index contributed by atoms with van der Waals surface area (Å²) in [5, 5.41) is 14.7. The Bertz CT molecular complexity index is 1030. The fraction of sp³-hybridized carbons (Fsp3) is 0.423. The quantitative estimate of drug-likeness (QED) is 0.550. The van der Waals surface area contributed by atoms with E-state index in [1.807, 2.05) is 43.3 Å². The van der Waals surface area contributed by atoms with Crippen LogP contribution in [0.5, 0.6) is 0 Å². The van der Waals surface area contributed by atoms with Crippen molar-refractivity contribution in [2.75, 3.05) is 13.2 Å². The highest BCUT2D eigenvalue weighted by Gasteiger charge is 2.38. The molecular weight excluding hydrogens is 436 g/mol. The van der Waals surface area contributed by atoms with Crippen molar-refractivity contribution in [1.82, 2.24) is 10.6 Å². The van der Waals surface area contributed by atoms with Crippen molar-refractivity contribution in [2.24, 2.45) is 5.92 Å². The van der Waals surface area contributed by atoms with Crippen molar-refractivity contribution in [3.8, 4) is 11.1 Å². The van der Waals surface area contributed by atoms with Gasteiger partial charge in [-0.1, -0.05) is 68.8 Å². The summed E-state index contributed by atoms with van der Waals surface area (Å²) in [5.41, 5.74) is 4.51. The SMILES string of the molecule is CCC(C)[C@H](NC(=O)C1OCCC1NC(=O)OCC1c2ccccc2-c2ccccc21)C(=O)O. The predicted octanol–water partition coefficient (Wildman–Crippen LogP) is 3.30. The molecular formula is C26H30N2O6. The van der Waals surface area contributed by atoms with E-state index in [0.717, 1.165) is 22.3 Å². The van der Waals surface area contributed by atoms with Crippen molar-refractivity contribution in [1.29, 1.82) is 0 Å². The second-order valence-corrected chi connectivity index (χ2v) is 8.87. The molecule has 8 nitrogen and oxygen atoms in total. The Labute approximate surface area is 198 Å². The third-order valence-corrected chi connectivity index (χ3v) is 6.77. The van der Waals surface area contributed by atoms with E-state index in [1.54, 1.807) is 6.92 Å². The zero-order chi connectivity index (χ0) is 24.2. The highest BCUT2D eigenvalue weighted by molar-refractivity contribution is 5.87. The highest BCUT2D eigenvalue weighted by Crippen LogP contribution is 2.44. The summed E-state index contributed by atoms with van der Waals surface area (Å²) < 4.78 is 11.1. The summed E-state index contributed by atoms with van der Waals surface area (Å²) in [6.45, 7) is 4.08. The average molecular weight is 467 g/mol. The maximum atomic E-state index is 12.7. The van der Waals surface area contributed by atoms with Crippen molar-refractivity contribution < 1.29 is 29.0 Å². The molecule has 3 unspecified atom stereocenters. The topological polar surface area (TPSA) is 114 Å². The van der Waals surface area contributed by atoms with Crippen LogP contribution in [0.2, 0.25) is 0 Å². The number of rotatable bonds is 8.